The highest BCUT2D eigenvalue weighted by atomic mass is 16.5. The van der Waals surface area contributed by atoms with Crippen molar-refractivity contribution in [3.63, 3.8) is 0 Å². The van der Waals surface area contributed by atoms with Crippen molar-refractivity contribution in [2.45, 2.75) is 12.5 Å². The average Bonchev–Trinajstić information content (AvgIpc) is 2.72. The molecule has 1 aromatic heterocycles. The van der Waals surface area contributed by atoms with Crippen LogP contribution in [0, 0.1) is 0 Å². The number of ether oxygens (including phenoxy) is 2. The molecular formula is C10H14N2O2. The molecule has 1 aromatic rings. The Hall–Kier alpha value is -1.29. The molecule has 0 bridgehead atoms. The normalized spacial score (nSPS) is 20.8. The molecule has 2 rings (SSSR count). The minimum Gasteiger partial charge on any atom is -0.481 e. The Morgan fingerprint density at radius 3 is 3.07 bits per heavy atom. The van der Waals surface area contributed by atoms with Crippen LogP contribution in [0.2, 0.25) is 0 Å². The van der Waals surface area contributed by atoms with E-state index < -0.39 is 0 Å². The first-order valence-corrected chi connectivity index (χ1v) is 4.73. The van der Waals surface area contributed by atoms with Gasteiger partial charge in [-0.1, -0.05) is 0 Å². The fourth-order valence-corrected chi connectivity index (χ4v) is 1.47. The van der Waals surface area contributed by atoms with Crippen LogP contribution in [-0.2, 0) is 4.74 Å². The van der Waals surface area contributed by atoms with Crippen LogP contribution in [0.1, 0.15) is 6.42 Å². The molecule has 1 fully saturated rings. The molecular weight excluding hydrogens is 180 g/mol. The third-order valence-corrected chi connectivity index (χ3v) is 2.25. The highest BCUT2D eigenvalue weighted by molar-refractivity contribution is 5.43. The number of hydrogen-bond acceptors (Lipinski definition) is 4. The van der Waals surface area contributed by atoms with Crippen LogP contribution in [0.25, 0.3) is 0 Å². The summed E-state index contributed by atoms with van der Waals surface area (Å²) in [6.07, 6.45) is 2.84. The highest BCUT2D eigenvalue weighted by Crippen LogP contribution is 2.15. The standard InChI is InChI=1S/C10H14N2O2/c1-13-10-3-2-8(6-11-10)12-9-4-5-14-7-9/h2-3,6,9,12H,4-5,7H2,1H3. The van der Waals surface area contributed by atoms with E-state index in [1.807, 2.05) is 12.1 Å². The highest BCUT2D eigenvalue weighted by Gasteiger charge is 2.14. The zero-order valence-corrected chi connectivity index (χ0v) is 8.19. The van der Waals surface area contributed by atoms with Crippen LogP contribution < -0.4 is 10.1 Å². The van der Waals surface area contributed by atoms with Crippen molar-refractivity contribution < 1.29 is 9.47 Å². The number of nitrogens with one attached hydrogen (secondary N) is 1. The van der Waals surface area contributed by atoms with E-state index in [0.29, 0.717) is 11.9 Å². The molecule has 0 aliphatic carbocycles. The van der Waals surface area contributed by atoms with Gasteiger partial charge in [0.25, 0.3) is 0 Å². The van der Waals surface area contributed by atoms with E-state index in [4.69, 9.17) is 9.47 Å². The van der Waals surface area contributed by atoms with Crippen LogP contribution in [0.3, 0.4) is 0 Å². The first kappa shape index (κ1) is 9.27. The minimum absolute atomic E-state index is 0.421. The summed E-state index contributed by atoms with van der Waals surface area (Å²) in [4.78, 5) is 4.11. The molecule has 0 aromatic carbocycles. The second-order valence-corrected chi connectivity index (χ2v) is 3.29. The number of anilines is 1. The Balaban J connectivity index is 1.95. The van der Waals surface area contributed by atoms with Gasteiger partial charge in [0, 0.05) is 12.7 Å². The van der Waals surface area contributed by atoms with Crippen LogP contribution in [0.15, 0.2) is 18.3 Å². The predicted octanol–water partition coefficient (Wildman–Crippen LogP) is 1.29. The van der Waals surface area contributed by atoms with Gasteiger partial charge in [0.2, 0.25) is 5.88 Å². The molecule has 1 atom stereocenters. The molecule has 76 valence electrons. The second-order valence-electron chi connectivity index (χ2n) is 3.29. The number of pyridine rings is 1. The summed E-state index contributed by atoms with van der Waals surface area (Å²) in [5.74, 6) is 0.637. The van der Waals surface area contributed by atoms with E-state index in [-0.39, 0.29) is 0 Å². The number of nitrogens with zero attached hydrogens (tertiary/aromatic N) is 1. The lowest BCUT2D eigenvalue weighted by Crippen LogP contribution is -2.18. The quantitative estimate of drug-likeness (QED) is 0.787. The van der Waals surface area contributed by atoms with Gasteiger partial charge in [0.1, 0.15) is 0 Å². The number of hydrogen-bond donors (Lipinski definition) is 1. The fourth-order valence-electron chi connectivity index (χ4n) is 1.47. The van der Waals surface area contributed by atoms with E-state index in [1.165, 1.54) is 0 Å². The smallest absolute Gasteiger partial charge is 0.213 e. The summed E-state index contributed by atoms with van der Waals surface area (Å²) in [5.41, 5.74) is 1.02. The van der Waals surface area contributed by atoms with E-state index in [9.17, 15) is 0 Å². The molecule has 1 aliphatic rings. The summed E-state index contributed by atoms with van der Waals surface area (Å²) in [6, 6.07) is 4.23. The Morgan fingerprint density at radius 2 is 2.50 bits per heavy atom. The van der Waals surface area contributed by atoms with Gasteiger partial charge in [0.05, 0.1) is 31.6 Å². The van der Waals surface area contributed by atoms with Gasteiger partial charge < -0.3 is 14.8 Å². The SMILES string of the molecule is COc1ccc(NC2CCOC2)cn1. The van der Waals surface area contributed by atoms with E-state index >= 15 is 0 Å². The maximum absolute atomic E-state index is 5.27. The molecule has 4 nitrogen and oxygen atoms in total. The van der Waals surface area contributed by atoms with Crippen LogP contribution in [0.5, 0.6) is 5.88 Å². The lowest BCUT2D eigenvalue weighted by molar-refractivity contribution is 0.195. The first-order chi connectivity index (χ1) is 6.88. The molecule has 1 saturated heterocycles. The van der Waals surface area contributed by atoms with Gasteiger partial charge in [-0.25, -0.2) is 4.98 Å². The van der Waals surface area contributed by atoms with E-state index in [1.54, 1.807) is 13.3 Å². The Labute approximate surface area is 83.2 Å². The van der Waals surface area contributed by atoms with Crippen molar-refractivity contribution >= 4 is 5.69 Å². The number of aromatic nitrogens is 1. The molecule has 2 heterocycles. The topological polar surface area (TPSA) is 43.4 Å². The van der Waals surface area contributed by atoms with Crippen LogP contribution in [0.4, 0.5) is 5.69 Å². The van der Waals surface area contributed by atoms with Gasteiger partial charge >= 0.3 is 0 Å². The van der Waals surface area contributed by atoms with E-state index in [0.717, 1.165) is 25.3 Å². The molecule has 1 aliphatic heterocycles. The average molecular weight is 194 g/mol. The summed E-state index contributed by atoms with van der Waals surface area (Å²) in [5, 5.41) is 3.35. The van der Waals surface area contributed by atoms with E-state index in [2.05, 4.69) is 10.3 Å². The first-order valence-electron chi connectivity index (χ1n) is 4.73. The summed E-state index contributed by atoms with van der Waals surface area (Å²) in [7, 11) is 1.61. The molecule has 0 radical (unpaired) electrons. The van der Waals surface area contributed by atoms with Crippen LogP contribution in [-0.4, -0.2) is 31.3 Å². The molecule has 0 spiro atoms. The van der Waals surface area contributed by atoms with Crippen molar-refractivity contribution in [2.24, 2.45) is 0 Å². The Kier molecular flexibility index (Phi) is 2.84. The molecule has 14 heavy (non-hydrogen) atoms. The van der Waals surface area contributed by atoms with Gasteiger partial charge in [-0.2, -0.15) is 0 Å². The molecule has 1 N–H and O–H groups in total. The van der Waals surface area contributed by atoms with Crippen LogP contribution >= 0.6 is 0 Å². The van der Waals surface area contributed by atoms with Crippen molar-refractivity contribution in [3.8, 4) is 5.88 Å². The summed E-state index contributed by atoms with van der Waals surface area (Å²) >= 11 is 0. The summed E-state index contributed by atoms with van der Waals surface area (Å²) < 4.78 is 10.2. The third kappa shape index (κ3) is 2.14. The van der Waals surface area contributed by atoms with Crippen molar-refractivity contribution in [2.75, 3.05) is 25.6 Å². The van der Waals surface area contributed by atoms with Gasteiger partial charge in [0.15, 0.2) is 0 Å². The van der Waals surface area contributed by atoms with Gasteiger partial charge in [-0.05, 0) is 12.5 Å². The fraction of sp³-hybridized carbons (Fsp3) is 0.500. The van der Waals surface area contributed by atoms with Crippen molar-refractivity contribution in [1.29, 1.82) is 0 Å². The van der Waals surface area contributed by atoms with Crippen molar-refractivity contribution in [3.05, 3.63) is 18.3 Å². The molecule has 1 unspecified atom stereocenters. The third-order valence-electron chi connectivity index (χ3n) is 2.25. The minimum atomic E-state index is 0.421. The largest absolute Gasteiger partial charge is 0.481 e. The number of methoxy groups -OCH3 is 1. The monoisotopic (exact) mass is 194 g/mol. The zero-order valence-electron chi connectivity index (χ0n) is 8.19. The Morgan fingerprint density at radius 1 is 1.57 bits per heavy atom. The molecule has 4 heteroatoms. The lowest BCUT2D eigenvalue weighted by Gasteiger charge is -2.11. The predicted molar refractivity (Wildman–Crippen MR) is 53.6 cm³/mol. The van der Waals surface area contributed by atoms with Gasteiger partial charge in [-0.3, -0.25) is 0 Å². The maximum atomic E-state index is 5.27. The summed E-state index contributed by atoms with van der Waals surface area (Å²) in [6.45, 7) is 1.63. The second kappa shape index (κ2) is 4.28. The molecule has 0 saturated carbocycles. The maximum Gasteiger partial charge on any atom is 0.213 e. The Bertz CT molecular complexity index is 281. The van der Waals surface area contributed by atoms with Crippen molar-refractivity contribution in [1.82, 2.24) is 4.98 Å². The molecule has 0 amide bonds. The lowest BCUT2D eigenvalue weighted by atomic mass is 10.2. The zero-order chi connectivity index (χ0) is 9.80. The number of rotatable bonds is 3. The van der Waals surface area contributed by atoms with Gasteiger partial charge in [-0.15, -0.1) is 0 Å².